The van der Waals surface area contributed by atoms with Gasteiger partial charge in [0.25, 0.3) is 5.91 Å². The largest absolute Gasteiger partial charge is 0.446 e. The first kappa shape index (κ1) is 20.2. The van der Waals surface area contributed by atoms with Crippen LogP contribution >= 0.6 is 27.7 Å². The highest BCUT2D eigenvalue weighted by Gasteiger charge is 2.18. The van der Waals surface area contributed by atoms with Crippen LogP contribution in [0.2, 0.25) is 0 Å². The Labute approximate surface area is 174 Å². The van der Waals surface area contributed by atoms with Gasteiger partial charge in [0.2, 0.25) is 11.7 Å². The highest BCUT2D eigenvalue weighted by Crippen LogP contribution is 2.27. The second kappa shape index (κ2) is 9.07. The number of furan rings is 1. The molecule has 3 aromatic rings. The fraction of sp³-hybridized carbons (Fsp3) is 0.222. The van der Waals surface area contributed by atoms with Crippen LogP contribution in [0.25, 0.3) is 11.6 Å². The lowest BCUT2D eigenvalue weighted by molar-refractivity contribution is -0.113. The van der Waals surface area contributed by atoms with E-state index in [9.17, 15) is 9.59 Å². The summed E-state index contributed by atoms with van der Waals surface area (Å²) in [6.07, 6.45) is 0.874. The van der Waals surface area contributed by atoms with Crippen molar-refractivity contribution in [1.82, 2.24) is 14.8 Å². The molecular weight excluding hydrogens is 446 g/mol. The highest BCUT2D eigenvalue weighted by molar-refractivity contribution is 9.10. The van der Waals surface area contributed by atoms with Crippen molar-refractivity contribution < 1.29 is 14.0 Å². The maximum absolute atomic E-state index is 12.3. The van der Waals surface area contributed by atoms with E-state index in [1.165, 1.54) is 11.8 Å². The van der Waals surface area contributed by atoms with Crippen molar-refractivity contribution in [3.05, 3.63) is 46.6 Å². The predicted octanol–water partition coefficient (Wildman–Crippen LogP) is 3.54. The Balaban J connectivity index is 1.71. The standard InChI is InChI=1S/C18H18BrN5O3S/c1-2-9-24-17(13-7-8-14(19)27-13)22-23-18(24)28-10-15(25)21-12-6-4-3-5-11(12)16(20)26/h3-8H,2,9-10H2,1H3,(H2,20,26)(H,21,25). The van der Waals surface area contributed by atoms with Crippen LogP contribution in [0.3, 0.4) is 0 Å². The van der Waals surface area contributed by atoms with Crippen LogP contribution < -0.4 is 11.1 Å². The summed E-state index contributed by atoms with van der Waals surface area (Å²) in [6.45, 7) is 2.73. The molecule has 0 radical (unpaired) electrons. The van der Waals surface area contributed by atoms with Gasteiger partial charge in [-0.2, -0.15) is 0 Å². The first-order chi connectivity index (χ1) is 13.5. The molecule has 0 atom stereocenters. The molecule has 0 aliphatic carbocycles. The van der Waals surface area contributed by atoms with Gasteiger partial charge in [0.05, 0.1) is 17.0 Å². The summed E-state index contributed by atoms with van der Waals surface area (Å²) in [6, 6.07) is 10.2. The summed E-state index contributed by atoms with van der Waals surface area (Å²) in [4.78, 5) is 23.8. The molecule has 10 heteroatoms. The molecule has 0 spiro atoms. The van der Waals surface area contributed by atoms with Crippen LogP contribution in [0.5, 0.6) is 0 Å². The number of aromatic nitrogens is 3. The fourth-order valence-corrected chi connectivity index (χ4v) is 3.63. The number of nitrogens with zero attached hydrogens (tertiary/aromatic N) is 3. The van der Waals surface area contributed by atoms with Crippen molar-refractivity contribution in [2.45, 2.75) is 25.0 Å². The van der Waals surface area contributed by atoms with Gasteiger partial charge in [-0.05, 0) is 46.6 Å². The predicted molar refractivity (Wildman–Crippen MR) is 110 cm³/mol. The quantitative estimate of drug-likeness (QED) is 0.493. The Morgan fingerprint density at radius 2 is 2.04 bits per heavy atom. The Hall–Kier alpha value is -2.59. The van der Waals surface area contributed by atoms with Gasteiger partial charge in [-0.15, -0.1) is 10.2 Å². The van der Waals surface area contributed by atoms with Gasteiger partial charge < -0.3 is 15.5 Å². The molecule has 2 heterocycles. The first-order valence-corrected chi connectivity index (χ1v) is 10.3. The van der Waals surface area contributed by atoms with E-state index in [2.05, 4.69) is 31.4 Å². The molecule has 0 aliphatic heterocycles. The zero-order valence-corrected chi connectivity index (χ0v) is 17.4. The van der Waals surface area contributed by atoms with Gasteiger partial charge >= 0.3 is 0 Å². The molecule has 3 rings (SSSR count). The van der Waals surface area contributed by atoms with Crippen molar-refractivity contribution in [3.63, 3.8) is 0 Å². The number of nitrogens with one attached hydrogen (secondary N) is 1. The van der Waals surface area contributed by atoms with E-state index in [1.807, 2.05) is 17.6 Å². The molecule has 0 fully saturated rings. The summed E-state index contributed by atoms with van der Waals surface area (Å²) >= 11 is 4.54. The molecule has 0 saturated carbocycles. The minimum atomic E-state index is -0.597. The number of rotatable bonds is 8. The summed E-state index contributed by atoms with van der Waals surface area (Å²) in [7, 11) is 0. The number of halogens is 1. The van der Waals surface area contributed by atoms with Crippen molar-refractivity contribution in [2.75, 3.05) is 11.1 Å². The van der Waals surface area contributed by atoms with Gasteiger partial charge in [0, 0.05) is 6.54 Å². The Morgan fingerprint density at radius 1 is 1.25 bits per heavy atom. The molecule has 0 saturated heterocycles. The maximum Gasteiger partial charge on any atom is 0.250 e. The number of carbonyl (C=O) groups is 2. The maximum atomic E-state index is 12.3. The van der Waals surface area contributed by atoms with Crippen molar-refractivity contribution >= 4 is 45.2 Å². The topological polar surface area (TPSA) is 116 Å². The SMILES string of the molecule is CCCn1c(SCC(=O)Nc2ccccc2C(N)=O)nnc1-c1ccc(Br)o1. The molecule has 2 aromatic heterocycles. The van der Waals surface area contributed by atoms with Crippen LogP contribution in [-0.4, -0.2) is 32.3 Å². The second-order valence-electron chi connectivity index (χ2n) is 5.81. The smallest absolute Gasteiger partial charge is 0.250 e. The minimum Gasteiger partial charge on any atom is -0.446 e. The van der Waals surface area contributed by atoms with Crippen molar-refractivity contribution in [1.29, 1.82) is 0 Å². The Bertz CT molecular complexity index is 1000. The normalized spacial score (nSPS) is 10.8. The van der Waals surface area contributed by atoms with Crippen molar-refractivity contribution in [3.8, 4) is 11.6 Å². The molecule has 1 aromatic carbocycles. The second-order valence-corrected chi connectivity index (χ2v) is 7.53. The molecule has 146 valence electrons. The van der Waals surface area contributed by atoms with Crippen LogP contribution in [0.15, 0.2) is 50.6 Å². The van der Waals surface area contributed by atoms with Crippen LogP contribution in [0, 0.1) is 0 Å². The van der Waals surface area contributed by atoms with Crippen LogP contribution in [-0.2, 0) is 11.3 Å². The zero-order chi connectivity index (χ0) is 20.1. The van der Waals surface area contributed by atoms with Gasteiger partial charge in [-0.25, -0.2) is 0 Å². The molecule has 0 unspecified atom stereocenters. The highest BCUT2D eigenvalue weighted by atomic mass is 79.9. The van der Waals surface area contributed by atoms with E-state index < -0.39 is 5.91 Å². The van der Waals surface area contributed by atoms with Crippen LogP contribution in [0.4, 0.5) is 5.69 Å². The lowest BCUT2D eigenvalue weighted by Crippen LogP contribution is -2.19. The third-order valence-corrected chi connectivity index (χ3v) is 5.15. The minimum absolute atomic E-state index is 0.108. The number of nitrogens with two attached hydrogens (primary N) is 1. The van der Waals surface area contributed by atoms with E-state index in [4.69, 9.17) is 10.2 Å². The Morgan fingerprint density at radius 3 is 2.71 bits per heavy atom. The van der Waals surface area contributed by atoms with E-state index in [0.717, 1.165) is 6.42 Å². The van der Waals surface area contributed by atoms with Gasteiger partial charge in [0.15, 0.2) is 15.6 Å². The molecular formula is C18H18BrN5O3S. The molecule has 0 bridgehead atoms. The van der Waals surface area contributed by atoms with Crippen LogP contribution in [0.1, 0.15) is 23.7 Å². The summed E-state index contributed by atoms with van der Waals surface area (Å²) in [5.41, 5.74) is 5.99. The van der Waals surface area contributed by atoms with Gasteiger partial charge in [-0.3, -0.25) is 14.2 Å². The third-order valence-electron chi connectivity index (χ3n) is 3.76. The average Bonchev–Trinajstić information content (AvgIpc) is 3.26. The molecule has 3 N–H and O–H groups in total. The number of para-hydroxylation sites is 1. The average molecular weight is 464 g/mol. The fourth-order valence-electron chi connectivity index (χ4n) is 2.56. The molecule has 2 amide bonds. The summed E-state index contributed by atoms with van der Waals surface area (Å²) < 4.78 is 8.10. The number of carbonyl (C=O) groups excluding carboxylic acids is 2. The van der Waals surface area contributed by atoms with E-state index in [-0.39, 0.29) is 17.2 Å². The number of anilines is 1. The summed E-state index contributed by atoms with van der Waals surface area (Å²) in [5, 5.41) is 11.7. The first-order valence-electron chi connectivity index (χ1n) is 8.50. The molecule has 28 heavy (non-hydrogen) atoms. The Kier molecular flexibility index (Phi) is 6.53. The van der Waals surface area contributed by atoms with Gasteiger partial charge in [0.1, 0.15) is 0 Å². The number of primary amides is 1. The molecule has 8 nitrogen and oxygen atoms in total. The van der Waals surface area contributed by atoms with E-state index in [0.29, 0.717) is 33.6 Å². The van der Waals surface area contributed by atoms with E-state index >= 15 is 0 Å². The lowest BCUT2D eigenvalue weighted by atomic mass is 10.1. The van der Waals surface area contributed by atoms with Gasteiger partial charge in [-0.1, -0.05) is 30.8 Å². The number of benzene rings is 1. The zero-order valence-electron chi connectivity index (χ0n) is 15.0. The number of hydrogen-bond acceptors (Lipinski definition) is 6. The lowest BCUT2D eigenvalue weighted by Gasteiger charge is -2.09. The third kappa shape index (κ3) is 4.63. The number of hydrogen-bond donors (Lipinski definition) is 2. The number of amides is 2. The summed E-state index contributed by atoms with van der Waals surface area (Å²) in [5.74, 6) is 0.443. The number of thioether (sulfide) groups is 1. The van der Waals surface area contributed by atoms with Crippen molar-refractivity contribution in [2.24, 2.45) is 5.73 Å². The van der Waals surface area contributed by atoms with E-state index in [1.54, 1.807) is 30.3 Å². The monoisotopic (exact) mass is 463 g/mol. The molecule has 0 aliphatic rings.